The lowest BCUT2D eigenvalue weighted by atomic mass is 9.85. The van der Waals surface area contributed by atoms with Gasteiger partial charge in [0.15, 0.2) is 0 Å². The third-order valence-electron chi connectivity index (χ3n) is 7.67. The fourth-order valence-electron chi connectivity index (χ4n) is 5.64. The van der Waals surface area contributed by atoms with E-state index in [0.717, 1.165) is 23.0 Å². The second-order valence-corrected chi connectivity index (χ2v) is 13.4. The molecule has 45 heavy (non-hydrogen) atoms. The van der Waals surface area contributed by atoms with Crippen LogP contribution in [0.5, 0.6) is 5.75 Å². The van der Waals surface area contributed by atoms with Crippen molar-refractivity contribution >= 4 is 66.0 Å². The highest BCUT2D eigenvalue weighted by Gasteiger charge is 2.41. The summed E-state index contributed by atoms with van der Waals surface area (Å²) in [6, 6.07) is 13.4. The van der Waals surface area contributed by atoms with E-state index in [4.69, 9.17) is 4.74 Å². The van der Waals surface area contributed by atoms with Crippen LogP contribution in [0.3, 0.4) is 0 Å². The van der Waals surface area contributed by atoms with Crippen LogP contribution < -0.4 is 14.5 Å². The van der Waals surface area contributed by atoms with Gasteiger partial charge in [-0.25, -0.2) is 9.80 Å². The Morgan fingerprint density at radius 1 is 0.667 bits per heavy atom. The van der Waals surface area contributed by atoms with E-state index in [1.165, 1.54) is 68.6 Å². The molecule has 0 fully saturated rings. The van der Waals surface area contributed by atoms with Crippen molar-refractivity contribution in [3.63, 3.8) is 0 Å². The highest BCUT2D eigenvalue weighted by molar-refractivity contribution is 7.86. The van der Waals surface area contributed by atoms with Crippen LogP contribution in [-0.2, 0) is 30.2 Å². The molecule has 1 N–H and O–H groups in total. The fourth-order valence-corrected chi connectivity index (χ4v) is 7.17. The first-order chi connectivity index (χ1) is 21.2. The number of carbonyl (C=O) groups is 4. The molecule has 15 heteroatoms. The van der Waals surface area contributed by atoms with E-state index < -0.39 is 49.6 Å². The molecule has 0 saturated carbocycles. The minimum Gasteiger partial charge on any atom is -0.496 e. The molecule has 0 bridgehead atoms. The molecule has 6 rings (SSSR count). The summed E-state index contributed by atoms with van der Waals surface area (Å²) >= 11 is 0. The average Bonchev–Trinajstić information content (AvgIpc) is 2.99. The molecule has 0 radical (unpaired) electrons. The van der Waals surface area contributed by atoms with Crippen molar-refractivity contribution in [3.8, 4) is 5.75 Å². The predicted octanol–water partition coefficient (Wildman–Crippen LogP) is 3.48. The molecule has 0 spiro atoms. The smallest absolute Gasteiger partial charge is 0.297 e. The largest absolute Gasteiger partial charge is 0.496 e. The molecular formula is C30H22N2O11S2. The van der Waals surface area contributed by atoms with Crippen LogP contribution in [0, 0.1) is 6.92 Å². The predicted molar refractivity (Wildman–Crippen MR) is 160 cm³/mol. The number of amides is 4. The summed E-state index contributed by atoms with van der Waals surface area (Å²) in [7, 11) is -6.38. The summed E-state index contributed by atoms with van der Waals surface area (Å²) in [6.07, 6.45) is 0. The zero-order chi connectivity index (χ0) is 32.6. The molecular weight excluding hydrogens is 628 g/mol. The first-order valence-electron chi connectivity index (χ1n) is 13.1. The number of aryl methyl sites for hydroxylation is 1. The number of carbonyl (C=O) groups excluding carboxylic acids is 4. The van der Waals surface area contributed by atoms with E-state index in [9.17, 15) is 40.6 Å². The summed E-state index contributed by atoms with van der Waals surface area (Å²) in [5, 5.41) is 0.187. The van der Waals surface area contributed by atoms with Crippen molar-refractivity contribution < 1.29 is 49.5 Å². The van der Waals surface area contributed by atoms with Crippen molar-refractivity contribution in [1.82, 2.24) is 0 Å². The van der Waals surface area contributed by atoms with Gasteiger partial charge in [-0.2, -0.15) is 16.8 Å². The summed E-state index contributed by atoms with van der Waals surface area (Å²) in [5.74, 6) is -3.92. The van der Waals surface area contributed by atoms with Crippen LogP contribution in [0.4, 0.5) is 11.4 Å². The SMILES string of the molecule is COc1ccc(N2C(=O)c3ccc4c5c(ccc(c35)C2=O)C(=O)N(c2ccc(C)c(S(=O)(=O)OC)c2)C4=O)cc1CS(=O)(=O)O. The normalized spacial score (nSPS) is 14.8. The molecule has 0 atom stereocenters. The zero-order valence-electron chi connectivity index (χ0n) is 23.7. The molecule has 2 aliphatic rings. The van der Waals surface area contributed by atoms with Crippen molar-refractivity contribution in [2.75, 3.05) is 24.0 Å². The maximum Gasteiger partial charge on any atom is 0.297 e. The summed E-state index contributed by atoms with van der Waals surface area (Å²) in [5.41, 5.74) is 0.354. The zero-order valence-corrected chi connectivity index (χ0v) is 25.4. The van der Waals surface area contributed by atoms with E-state index in [-0.39, 0.29) is 60.6 Å². The van der Waals surface area contributed by atoms with E-state index >= 15 is 0 Å². The number of benzene rings is 4. The molecule has 13 nitrogen and oxygen atoms in total. The molecule has 0 aliphatic carbocycles. The number of anilines is 2. The Balaban J connectivity index is 1.48. The van der Waals surface area contributed by atoms with Gasteiger partial charge in [0.25, 0.3) is 43.9 Å². The van der Waals surface area contributed by atoms with Crippen LogP contribution in [0.2, 0.25) is 0 Å². The van der Waals surface area contributed by atoms with Gasteiger partial charge in [-0.1, -0.05) is 6.07 Å². The van der Waals surface area contributed by atoms with E-state index in [1.807, 2.05) is 0 Å². The molecule has 2 heterocycles. The molecule has 2 aliphatic heterocycles. The van der Waals surface area contributed by atoms with Gasteiger partial charge in [-0.15, -0.1) is 0 Å². The molecule has 4 aromatic rings. The van der Waals surface area contributed by atoms with Gasteiger partial charge in [0.05, 0.1) is 30.5 Å². The van der Waals surface area contributed by atoms with Crippen LogP contribution in [0.1, 0.15) is 52.6 Å². The van der Waals surface area contributed by atoms with Gasteiger partial charge in [-0.3, -0.25) is 27.9 Å². The van der Waals surface area contributed by atoms with Crippen LogP contribution in [0.25, 0.3) is 10.8 Å². The molecule has 0 aromatic heterocycles. The van der Waals surface area contributed by atoms with Gasteiger partial charge < -0.3 is 4.74 Å². The number of ether oxygens (including phenoxy) is 1. The van der Waals surface area contributed by atoms with Crippen LogP contribution in [0.15, 0.2) is 65.6 Å². The quantitative estimate of drug-likeness (QED) is 0.176. The van der Waals surface area contributed by atoms with Crippen molar-refractivity contribution in [3.05, 3.63) is 94.0 Å². The third-order valence-corrected chi connectivity index (χ3v) is 9.77. The molecule has 230 valence electrons. The summed E-state index contributed by atoms with van der Waals surface area (Å²) < 4.78 is 67.3. The molecule has 4 aromatic carbocycles. The van der Waals surface area contributed by atoms with Gasteiger partial charge in [0.2, 0.25) is 0 Å². The third kappa shape index (κ3) is 4.67. The van der Waals surface area contributed by atoms with Crippen molar-refractivity contribution in [1.29, 1.82) is 0 Å². The topological polar surface area (TPSA) is 182 Å². The standard InChI is InChI=1S/C30H22N2O11S2/c1-15-4-5-18(13-24(15)45(40,41)43-3)32-29(35)21-9-7-19-25-20(8-10-22(26(21)25)30(32)36)28(34)31(27(19)33)17-6-11-23(42-2)16(12-17)14-44(37,38)39/h4-13H,14H2,1-3H3,(H,37,38,39). The van der Waals surface area contributed by atoms with Crippen LogP contribution >= 0.6 is 0 Å². The Kier molecular flexibility index (Phi) is 6.89. The number of rotatable bonds is 7. The highest BCUT2D eigenvalue weighted by Crippen LogP contribution is 2.41. The fraction of sp³-hybridized carbons (Fsp3) is 0.133. The Morgan fingerprint density at radius 3 is 1.53 bits per heavy atom. The average molecular weight is 651 g/mol. The Labute approximate surface area is 256 Å². The monoisotopic (exact) mass is 650 g/mol. The first kappa shape index (κ1) is 30.1. The lowest BCUT2D eigenvalue weighted by Gasteiger charge is -2.32. The van der Waals surface area contributed by atoms with Gasteiger partial charge >= 0.3 is 0 Å². The summed E-state index contributed by atoms with van der Waals surface area (Å²) in [4.78, 5) is 56.6. The number of hydrogen-bond acceptors (Lipinski definition) is 10. The van der Waals surface area contributed by atoms with Gasteiger partial charge in [0.1, 0.15) is 11.5 Å². The van der Waals surface area contributed by atoms with Crippen molar-refractivity contribution in [2.45, 2.75) is 17.6 Å². The van der Waals surface area contributed by atoms with E-state index in [1.54, 1.807) is 0 Å². The lowest BCUT2D eigenvalue weighted by molar-refractivity contribution is 0.0873. The lowest BCUT2D eigenvalue weighted by Crippen LogP contribution is -2.43. The number of imide groups is 2. The molecule has 4 amide bonds. The number of hydrogen-bond donors (Lipinski definition) is 1. The van der Waals surface area contributed by atoms with Gasteiger partial charge in [0, 0.05) is 38.6 Å². The number of nitrogens with zero attached hydrogens (tertiary/aromatic N) is 2. The van der Waals surface area contributed by atoms with Crippen molar-refractivity contribution in [2.24, 2.45) is 0 Å². The Hall–Kier alpha value is -4.96. The van der Waals surface area contributed by atoms with Gasteiger partial charge in [-0.05, 0) is 67.1 Å². The first-order valence-corrected chi connectivity index (χ1v) is 16.1. The molecule has 0 saturated heterocycles. The highest BCUT2D eigenvalue weighted by atomic mass is 32.2. The Morgan fingerprint density at radius 2 is 1.11 bits per heavy atom. The second-order valence-electron chi connectivity index (χ2n) is 10.3. The van der Waals surface area contributed by atoms with E-state index in [2.05, 4.69) is 4.18 Å². The summed E-state index contributed by atoms with van der Waals surface area (Å²) in [6.45, 7) is 1.53. The number of methoxy groups -OCH3 is 1. The van der Waals surface area contributed by atoms with E-state index in [0.29, 0.717) is 5.56 Å². The minimum atomic E-state index is -4.49. The maximum absolute atomic E-state index is 13.8. The molecule has 0 unspecified atom stereocenters. The maximum atomic E-state index is 13.8. The second kappa shape index (κ2) is 10.3. The minimum absolute atomic E-state index is 0.00277. The van der Waals surface area contributed by atoms with Crippen LogP contribution in [-0.4, -0.2) is 59.2 Å². The Bertz CT molecular complexity index is 2190.